The monoisotopic (exact) mass is 267 g/mol. The number of nitrogens with zero attached hydrogens (tertiary/aromatic N) is 1. The lowest BCUT2D eigenvalue weighted by Crippen LogP contribution is -1.92. The highest BCUT2D eigenvalue weighted by molar-refractivity contribution is 5.94. The molecule has 102 valence electrons. The summed E-state index contributed by atoms with van der Waals surface area (Å²) in [5.41, 5.74) is 1.20. The fraction of sp³-hybridized carbons (Fsp3) is 0.176. The SMILES string of the molecule is CC.CC(=O)c1cccc(Oc2ccc(C#N)cc2)c1. The Morgan fingerprint density at radius 1 is 1.05 bits per heavy atom. The van der Waals surface area contributed by atoms with Gasteiger partial charge in [-0.2, -0.15) is 5.26 Å². The first-order valence-corrected chi connectivity index (χ1v) is 6.48. The van der Waals surface area contributed by atoms with E-state index in [4.69, 9.17) is 10.00 Å². The normalized spacial score (nSPS) is 8.90. The first-order valence-electron chi connectivity index (χ1n) is 6.48. The van der Waals surface area contributed by atoms with Crippen molar-refractivity contribution in [2.45, 2.75) is 20.8 Å². The van der Waals surface area contributed by atoms with Gasteiger partial charge < -0.3 is 4.74 Å². The van der Waals surface area contributed by atoms with Crippen LogP contribution in [0.1, 0.15) is 36.7 Å². The third-order valence-corrected chi connectivity index (χ3v) is 2.46. The van der Waals surface area contributed by atoms with Gasteiger partial charge >= 0.3 is 0 Å². The van der Waals surface area contributed by atoms with Gasteiger partial charge in [-0.25, -0.2) is 0 Å². The molecule has 2 aromatic rings. The number of hydrogen-bond donors (Lipinski definition) is 0. The van der Waals surface area contributed by atoms with Gasteiger partial charge in [0.25, 0.3) is 0 Å². The number of carbonyl (C=O) groups excluding carboxylic acids is 1. The molecule has 0 unspecified atom stereocenters. The molecule has 0 radical (unpaired) electrons. The van der Waals surface area contributed by atoms with Crippen molar-refractivity contribution in [3.8, 4) is 17.6 Å². The molecule has 0 atom stereocenters. The average Bonchev–Trinajstić information content (AvgIpc) is 2.50. The van der Waals surface area contributed by atoms with Gasteiger partial charge in [0.15, 0.2) is 5.78 Å². The van der Waals surface area contributed by atoms with Gasteiger partial charge in [0, 0.05) is 5.56 Å². The molecule has 20 heavy (non-hydrogen) atoms. The number of nitriles is 1. The number of hydrogen-bond acceptors (Lipinski definition) is 3. The van der Waals surface area contributed by atoms with Crippen LogP contribution in [0.4, 0.5) is 0 Å². The van der Waals surface area contributed by atoms with Crippen LogP contribution in [0.2, 0.25) is 0 Å². The maximum absolute atomic E-state index is 11.2. The third kappa shape index (κ3) is 4.25. The van der Waals surface area contributed by atoms with Gasteiger partial charge in [0.1, 0.15) is 11.5 Å². The fourth-order valence-electron chi connectivity index (χ4n) is 1.51. The minimum absolute atomic E-state index is 0.000258. The van der Waals surface area contributed by atoms with Gasteiger partial charge in [-0.15, -0.1) is 0 Å². The Morgan fingerprint density at radius 3 is 2.25 bits per heavy atom. The van der Waals surface area contributed by atoms with E-state index >= 15 is 0 Å². The van der Waals surface area contributed by atoms with Crippen LogP contribution in [0, 0.1) is 11.3 Å². The van der Waals surface area contributed by atoms with E-state index in [2.05, 4.69) is 0 Å². The Hall–Kier alpha value is -2.60. The second-order valence-electron chi connectivity index (χ2n) is 3.82. The highest BCUT2D eigenvalue weighted by atomic mass is 16.5. The Morgan fingerprint density at radius 2 is 1.70 bits per heavy atom. The molecule has 3 nitrogen and oxygen atoms in total. The van der Waals surface area contributed by atoms with E-state index in [0.29, 0.717) is 22.6 Å². The zero-order valence-electron chi connectivity index (χ0n) is 11.9. The number of ether oxygens (including phenoxy) is 1. The summed E-state index contributed by atoms with van der Waals surface area (Å²) in [5.74, 6) is 1.24. The molecule has 2 aromatic carbocycles. The van der Waals surface area contributed by atoms with Gasteiger partial charge in [-0.3, -0.25) is 4.79 Å². The molecular formula is C17H17NO2. The number of benzene rings is 2. The lowest BCUT2D eigenvalue weighted by atomic mass is 10.1. The van der Waals surface area contributed by atoms with Crippen LogP contribution in [0.3, 0.4) is 0 Å². The highest BCUT2D eigenvalue weighted by Crippen LogP contribution is 2.22. The minimum atomic E-state index is 0.000258. The minimum Gasteiger partial charge on any atom is -0.457 e. The number of rotatable bonds is 3. The topological polar surface area (TPSA) is 50.1 Å². The summed E-state index contributed by atoms with van der Waals surface area (Å²) >= 11 is 0. The van der Waals surface area contributed by atoms with E-state index in [0.717, 1.165) is 0 Å². The highest BCUT2D eigenvalue weighted by Gasteiger charge is 2.02. The predicted molar refractivity (Wildman–Crippen MR) is 79.0 cm³/mol. The van der Waals surface area contributed by atoms with E-state index < -0.39 is 0 Å². The molecule has 0 N–H and O–H groups in total. The van der Waals surface area contributed by atoms with Gasteiger partial charge in [-0.1, -0.05) is 26.0 Å². The second kappa shape index (κ2) is 7.75. The molecule has 2 rings (SSSR count). The fourth-order valence-corrected chi connectivity index (χ4v) is 1.51. The lowest BCUT2D eigenvalue weighted by molar-refractivity contribution is 0.101. The Kier molecular flexibility index (Phi) is 5.99. The molecule has 0 saturated carbocycles. The van der Waals surface area contributed by atoms with E-state index in [-0.39, 0.29) is 5.78 Å². The lowest BCUT2D eigenvalue weighted by Gasteiger charge is -2.06. The van der Waals surface area contributed by atoms with Crippen molar-refractivity contribution in [3.05, 3.63) is 59.7 Å². The summed E-state index contributed by atoms with van der Waals surface area (Å²) in [6.45, 7) is 5.51. The largest absolute Gasteiger partial charge is 0.457 e. The molecule has 0 spiro atoms. The van der Waals surface area contributed by atoms with Gasteiger partial charge in [0.05, 0.1) is 11.6 Å². The maximum atomic E-state index is 11.2. The zero-order chi connectivity index (χ0) is 15.0. The van der Waals surface area contributed by atoms with Crippen LogP contribution in [-0.2, 0) is 0 Å². The smallest absolute Gasteiger partial charge is 0.159 e. The Balaban J connectivity index is 0.000000956. The van der Waals surface area contributed by atoms with Crippen molar-refractivity contribution in [1.29, 1.82) is 5.26 Å². The molecule has 0 bridgehead atoms. The van der Waals surface area contributed by atoms with Crippen LogP contribution in [0.5, 0.6) is 11.5 Å². The second-order valence-corrected chi connectivity index (χ2v) is 3.82. The van der Waals surface area contributed by atoms with E-state index in [1.54, 1.807) is 48.5 Å². The molecule has 0 heterocycles. The first kappa shape index (κ1) is 15.5. The van der Waals surface area contributed by atoms with Crippen molar-refractivity contribution in [3.63, 3.8) is 0 Å². The van der Waals surface area contributed by atoms with E-state index in [9.17, 15) is 4.79 Å². The summed E-state index contributed by atoms with van der Waals surface area (Å²) in [5, 5.41) is 8.69. The van der Waals surface area contributed by atoms with Crippen LogP contribution in [0.15, 0.2) is 48.5 Å². The molecule has 0 aliphatic rings. The third-order valence-electron chi connectivity index (χ3n) is 2.46. The zero-order valence-corrected chi connectivity index (χ0v) is 11.9. The molecule has 0 aliphatic heterocycles. The predicted octanol–water partition coefficient (Wildman–Crippen LogP) is 4.58. The summed E-state index contributed by atoms with van der Waals surface area (Å²) in [6, 6.07) is 15.8. The molecule has 0 fully saturated rings. The maximum Gasteiger partial charge on any atom is 0.159 e. The Bertz CT molecular complexity index is 610. The average molecular weight is 267 g/mol. The van der Waals surface area contributed by atoms with Crippen molar-refractivity contribution in [2.24, 2.45) is 0 Å². The summed E-state index contributed by atoms with van der Waals surface area (Å²) in [6.07, 6.45) is 0. The van der Waals surface area contributed by atoms with Crippen molar-refractivity contribution in [2.75, 3.05) is 0 Å². The van der Waals surface area contributed by atoms with Gasteiger partial charge in [0.2, 0.25) is 0 Å². The van der Waals surface area contributed by atoms with E-state index in [1.807, 2.05) is 19.9 Å². The van der Waals surface area contributed by atoms with Crippen LogP contribution in [-0.4, -0.2) is 5.78 Å². The van der Waals surface area contributed by atoms with Crippen molar-refractivity contribution < 1.29 is 9.53 Å². The summed E-state index contributed by atoms with van der Waals surface area (Å²) in [7, 11) is 0. The van der Waals surface area contributed by atoms with Crippen LogP contribution >= 0.6 is 0 Å². The molecule has 0 aliphatic carbocycles. The van der Waals surface area contributed by atoms with Crippen LogP contribution in [0.25, 0.3) is 0 Å². The van der Waals surface area contributed by atoms with E-state index in [1.165, 1.54) is 6.92 Å². The van der Waals surface area contributed by atoms with Crippen molar-refractivity contribution >= 4 is 5.78 Å². The number of ketones is 1. The standard InChI is InChI=1S/C15H11NO2.C2H6/c1-11(17)13-3-2-4-15(9-13)18-14-7-5-12(10-16)6-8-14;1-2/h2-9H,1H3;1-2H3. The number of Topliss-reactive ketones (excluding diaryl/α,β-unsaturated/α-hetero) is 1. The number of carbonyl (C=O) groups is 1. The first-order chi connectivity index (χ1) is 9.69. The molecule has 0 amide bonds. The van der Waals surface area contributed by atoms with Crippen molar-refractivity contribution in [1.82, 2.24) is 0 Å². The summed E-state index contributed by atoms with van der Waals surface area (Å²) in [4.78, 5) is 11.2. The van der Waals surface area contributed by atoms with Crippen LogP contribution < -0.4 is 4.74 Å². The Labute approximate surface area is 119 Å². The molecule has 0 saturated heterocycles. The molecular weight excluding hydrogens is 250 g/mol. The quantitative estimate of drug-likeness (QED) is 0.765. The molecule has 0 aromatic heterocycles. The van der Waals surface area contributed by atoms with Gasteiger partial charge in [-0.05, 0) is 43.3 Å². The summed E-state index contributed by atoms with van der Waals surface area (Å²) < 4.78 is 5.61. The molecule has 3 heteroatoms.